The molecule has 0 aliphatic carbocycles. The standard InChI is InChI=1S/C20H36N4O2.ClH/c1-16(20(26)23-11-4-2-3-5-12-23)24-13-7-8-17(15-24)14-22-19(25)18-9-6-10-21-18;/h16-18,21H,2-15H2,1H3,(H,22,25);1H. The first-order valence-corrected chi connectivity index (χ1v) is 10.7. The van der Waals surface area contributed by atoms with Crippen LogP contribution in [-0.2, 0) is 9.59 Å². The van der Waals surface area contributed by atoms with E-state index in [0.29, 0.717) is 11.8 Å². The Morgan fingerprint density at radius 3 is 2.44 bits per heavy atom. The van der Waals surface area contributed by atoms with E-state index in [1.807, 2.05) is 0 Å². The Bertz CT molecular complexity index is 477. The Labute approximate surface area is 170 Å². The second kappa shape index (κ2) is 11.2. The van der Waals surface area contributed by atoms with Crippen molar-refractivity contribution in [3.8, 4) is 0 Å². The number of nitrogens with one attached hydrogen (secondary N) is 2. The van der Waals surface area contributed by atoms with Gasteiger partial charge in [-0.05, 0) is 64.5 Å². The summed E-state index contributed by atoms with van der Waals surface area (Å²) in [5.74, 6) is 0.897. The van der Waals surface area contributed by atoms with Gasteiger partial charge >= 0.3 is 0 Å². The van der Waals surface area contributed by atoms with Crippen LogP contribution in [0.25, 0.3) is 0 Å². The quantitative estimate of drug-likeness (QED) is 0.738. The molecular formula is C20H37ClN4O2. The first-order valence-electron chi connectivity index (χ1n) is 10.7. The fourth-order valence-corrected chi connectivity index (χ4v) is 4.60. The minimum absolute atomic E-state index is 0. The molecule has 27 heavy (non-hydrogen) atoms. The molecular weight excluding hydrogens is 364 g/mol. The van der Waals surface area contributed by atoms with Gasteiger partial charge in [0.15, 0.2) is 0 Å². The molecule has 3 aliphatic rings. The van der Waals surface area contributed by atoms with Gasteiger partial charge in [0, 0.05) is 26.2 Å². The van der Waals surface area contributed by atoms with Crippen molar-refractivity contribution >= 4 is 24.2 Å². The number of likely N-dealkylation sites (tertiary alicyclic amines) is 2. The van der Waals surface area contributed by atoms with E-state index < -0.39 is 0 Å². The van der Waals surface area contributed by atoms with Gasteiger partial charge in [-0.3, -0.25) is 14.5 Å². The van der Waals surface area contributed by atoms with Gasteiger partial charge in [0.25, 0.3) is 0 Å². The molecule has 0 aromatic rings. The van der Waals surface area contributed by atoms with E-state index in [1.54, 1.807) is 0 Å². The van der Waals surface area contributed by atoms with Gasteiger partial charge in [-0.25, -0.2) is 0 Å². The molecule has 0 aromatic heterocycles. The predicted molar refractivity (Wildman–Crippen MR) is 110 cm³/mol. The van der Waals surface area contributed by atoms with Crippen LogP contribution in [0.1, 0.15) is 58.3 Å². The number of hydrogen-bond donors (Lipinski definition) is 2. The van der Waals surface area contributed by atoms with Crippen molar-refractivity contribution in [3.05, 3.63) is 0 Å². The molecule has 0 saturated carbocycles. The van der Waals surface area contributed by atoms with Crippen LogP contribution in [0.15, 0.2) is 0 Å². The SMILES string of the molecule is CC(C(=O)N1CCCCCC1)N1CCCC(CNC(=O)C2CCCN2)C1.Cl. The van der Waals surface area contributed by atoms with Crippen LogP contribution in [-0.4, -0.2) is 73.0 Å². The predicted octanol–water partition coefficient (Wildman–Crippen LogP) is 1.78. The average molecular weight is 401 g/mol. The van der Waals surface area contributed by atoms with Gasteiger partial charge in [-0.2, -0.15) is 0 Å². The summed E-state index contributed by atoms with van der Waals surface area (Å²) in [5, 5.41) is 6.39. The van der Waals surface area contributed by atoms with Crippen molar-refractivity contribution in [2.45, 2.75) is 70.4 Å². The number of carbonyl (C=O) groups excluding carboxylic acids is 2. The van der Waals surface area contributed by atoms with Gasteiger partial charge in [0.1, 0.15) is 0 Å². The van der Waals surface area contributed by atoms with E-state index in [0.717, 1.165) is 77.8 Å². The molecule has 6 nitrogen and oxygen atoms in total. The number of carbonyl (C=O) groups is 2. The van der Waals surface area contributed by atoms with Crippen LogP contribution in [0.5, 0.6) is 0 Å². The molecule has 2 N–H and O–H groups in total. The van der Waals surface area contributed by atoms with E-state index >= 15 is 0 Å². The molecule has 3 fully saturated rings. The van der Waals surface area contributed by atoms with E-state index in [-0.39, 0.29) is 30.4 Å². The molecule has 3 aliphatic heterocycles. The summed E-state index contributed by atoms with van der Waals surface area (Å²) >= 11 is 0. The number of amides is 2. The molecule has 3 saturated heterocycles. The summed E-state index contributed by atoms with van der Waals surface area (Å²) in [7, 11) is 0. The highest BCUT2D eigenvalue weighted by Crippen LogP contribution is 2.20. The summed E-state index contributed by atoms with van der Waals surface area (Å²) in [4.78, 5) is 29.5. The molecule has 0 bridgehead atoms. The smallest absolute Gasteiger partial charge is 0.239 e. The minimum Gasteiger partial charge on any atom is -0.354 e. The maximum absolute atomic E-state index is 12.9. The zero-order chi connectivity index (χ0) is 18.4. The Morgan fingerprint density at radius 1 is 1.04 bits per heavy atom. The van der Waals surface area contributed by atoms with E-state index in [2.05, 4.69) is 27.4 Å². The maximum Gasteiger partial charge on any atom is 0.239 e. The highest BCUT2D eigenvalue weighted by atomic mass is 35.5. The molecule has 7 heteroatoms. The highest BCUT2D eigenvalue weighted by molar-refractivity contribution is 5.85. The van der Waals surface area contributed by atoms with Crippen LogP contribution >= 0.6 is 12.4 Å². The summed E-state index contributed by atoms with van der Waals surface area (Å²) in [6.07, 6.45) is 9.07. The van der Waals surface area contributed by atoms with Crippen LogP contribution in [0, 0.1) is 5.92 Å². The number of nitrogens with zero attached hydrogens (tertiary/aromatic N) is 2. The number of halogens is 1. The van der Waals surface area contributed by atoms with Crippen LogP contribution in [0.3, 0.4) is 0 Å². The van der Waals surface area contributed by atoms with Gasteiger partial charge in [0.2, 0.25) is 11.8 Å². The van der Waals surface area contributed by atoms with Crippen molar-refractivity contribution in [2.75, 3.05) is 39.3 Å². The molecule has 3 heterocycles. The molecule has 3 unspecified atom stereocenters. The molecule has 0 radical (unpaired) electrons. The average Bonchev–Trinajstić information content (AvgIpc) is 3.08. The molecule has 0 spiro atoms. The first-order chi connectivity index (χ1) is 12.6. The van der Waals surface area contributed by atoms with Crippen LogP contribution in [0.2, 0.25) is 0 Å². The van der Waals surface area contributed by atoms with Crippen molar-refractivity contribution < 1.29 is 9.59 Å². The third-order valence-electron chi connectivity index (χ3n) is 6.32. The van der Waals surface area contributed by atoms with Crippen molar-refractivity contribution in [2.24, 2.45) is 5.92 Å². The number of piperidine rings is 1. The summed E-state index contributed by atoms with van der Waals surface area (Å²) < 4.78 is 0. The molecule has 0 aromatic carbocycles. The fourth-order valence-electron chi connectivity index (χ4n) is 4.60. The molecule has 3 rings (SSSR count). The van der Waals surface area contributed by atoms with Gasteiger partial charge in [0.05, 0.1) is 12.1 Å². The molecule has 3 atom stereocenters. The van der Waals surface area contributed by atoms with Crippen molar-refractivity contribution in [3.63, 3.8) is 0 Å². The Hall–Kier alpha value is -0.850. The van der Waals surface area contributed by atoms with Crippen molar-refractivity contribution in [1.29, 1.82) is 0 Å². The van der Waals surface area contributed by atoms with Gasteiger partial charge in [-0.1, -0.05) is 12.8 Å². The Balaban J connectivity index is 0.00000261. The Kier molecular flexibility index (Phi) is 9.33. The maximum atomic E-state index is 12.9. The lowest BCUT2D eigenvalue weighted by Crippen LogP contribution is -2.52. The summed E-state index contributed by atoms with van der Waals surface area (Å²) in [6, 6.07) is -0.0404. The lowest BCUT2D eigenvalue weighted by Gasteiger charge is -2.38. The second-order valence-electron chi connectivity index (χ2n) is 8.31. The van der Waals surface area contributed by atoms with Crippen LogP contribution < -0.4 is 10.6 Å². The van der Waals surface area contributed by atoms with Crippen molar-refractivity contribution in [1.82, 2.24) is 20.4 Å². The van der Waals surface area contributed by atoms with E-state index in [1.165, 1.54) is 12.8 Å². The van der Waals surface area contributed by atoms with Gasteiger partial charge in [-0.15, -0.1) is 12.4 Å². The third-order valence-corrected chi connectivity index (χ3v) is 6.32. The molecule has 2 amide bonds. The zero-order valence-electron chi connectivity index (χ0n) is 16.8. The van der Waals surface area contributed by atoms with Crippen LogP contribution in [0.4, 0.5) is 0 Å². The lowest BCUT2D eigenvalue weighted by atomic mass is 9.96. The van der Waals surface area contributed by atoms with E-state index in [9.17, 15) is 9.59 Å². The summed E-state index contributed by atoms with van der Waals surface area (Å²) in [6.45, 7) is 7.50. The summed E-state index contributed by atoms with van der Waals surface area (Å²) in [5.41, 5.74) is 0. The number of hydrogen-bond acceptors (Lipinski definition) is 4. The minimum atomic E-state index is -0.0388. The van der Waals surface area contributed by atoms with Gasteiger partial charge < -0.3 is 15.5 Å². The fraction of sp³-hybridized carbons (Fsp3) is 0.900. The van der Waals surface area contributed by atoms with E-state index in [4.69, 9.17) is 0 Å². The third kappa shape index (κ3) is 6.33. The zero-order valence-corrected chi connectivity index (χ0v) is 17.6. The largest absolute Gasteiger partial charge is 0.354 e. The highest BCUT2D eigenvalue weighted by Gasteiger charge is 2.31. The number of rotatable bonds is 5. The topological polar surface area (TPSA) is 64.7 Å². The lowest BCUT2D eigenvalue weighted by molar-refractivity contribution is -0.137. The Morgan fingerprint density at radius 2 is 1.78 bits per heavy atom. The molecule has 156 valence electrons. The second-order valence-corrected chi connectivity index (χ2v) is 8.31. The monoisotopic (exact) mass is 400 g/mol. The first kappa shape index (κ1) is 22.4. The normalized spacial score (nSPS) is 28.1.